The zero-order valence-corrected chi connectivity index (χ0v) is 7.84. The minimum Gasteiger partial charge on any atom is -0.308 e. The normalized spacial score (nSPS) is 21.0. The molecule has 2 heteroatoms. The van der Waals surface area contributed by atoms with E-state index in [1.165, 1.54) is 45.4 Å². The van der Waals surface area contributed by atoms with Crippen molar-refractivity contribution >= 4 is 0 Å². The second-order valence-electron chi connectivity index (χ2n) is 3.71. The number of hydrogen-bond acceptors (Lipinski definition) is 2. The Bertz CT molecular complexity index is 95.7. The molecular formula is C9H20N2. The van der Waals surface area contributed by atoms with E-state index in [1.807, 2.05) is 0 Å². The zero-order chi connectivity index (χ0) is 8.10. The molecule has 1 fully saturated rings. The standard InChI is InChI=1S/C9H20N2/c1-10(2)8-9-11-6-4-3-5-7-11/h3-9H2,1-2H3. The number of nitrogens with zero attached hydrogens (tertiary/aromatic N) is 2. The molecule has 0 aromatic carbocycles. The molecule has 0 aromatic heterocycles. The van der Waals surface area contributed by atoms with Crippen LogP contribution in [-0.4, -0.2) is 50.1 Å². The van der Waals surface area contributed by atoms with Gasteiger partial charge in [-0.2, -0.15) is 0 Å². The molecule has 0 unspecified atom stereocenters. The SMILES string of the molecule is CN(C)CCN1CCCCC1. The molecule has 0 aliphatic carbocycles. The van der Waals surface area contributed by atoms with E-state index in [9.17, 15) is 0 Å². The predicted octanol–water partition coefficient (Wildman–Crippen LogP) is 1.03. The maximum atomic E-state index is 2.57. The van der Waals surface area contributed by atoms with Crippen LogP contribution < -0.4 is 0 Å². The topological polar surface area (TPSA) is 6.48 Å². The molecule has 0 spiro atoms. The maximum absolute atomic E-state index is 2.57. The summed E-state index contributed by atoms with van der Waals surface area (Å²) in [6.07, 6.45) is 4.26. The van der Waals surface area contributed by atoms with Gasteiger partial charge in [-0.15, -0.1) is 0 Å². The smallest absolute Gasteiger partial charge is 0.0109 e. The monoisotopic (exact) mass is 156 g/mol. The molecule has 11 heavy (non-hydrogen) atoms. The van der Waals surface area contributed by atoms with Crippen molar-refractivity contribution in [3.63, 3.8) is 0 Å². The lowest BCUT2D eigenvalue weighted by atomic mass is 10.1. The molecule has 0 bridgehead atoms. The Kier molecular flexibility index (Phi) is 3.87. The third-order valence-corrected chi connectivity index (χ3v) is 2.31. The van der Waals surface area contributed by atoms with Crippen molar-refractivity contribution in [1.29, 1.82) is 0 Å². The molecule has 2 nitrogen and oxygen atoms in total. The lowest BCUT2D eigenvalue weighted by molar-refractivity contribution is 0.207. The van der Waals surface area contributed by atoms with E-state index >= 15 is 0 Å². The van der Waals surface area contributed by atoms with Crippen molar-refractivity contribution in [1.82, 2.24) is 9.80 Å². The highest BCUT2D eigenvalue weighted by atomic mass is 15.2. The van der Waals surface area contributed by atoms with Crippen LogP contribution in [-0.2, 0) is 0 Å². The first-order valence-electron chi connectivity index (χ1n) is 4.66. The van der Waals surface area contributed by atoms with E-state index in [4.69, 9.17) is 0 Å². The van der Waals surface area contributed by atoms with Crippen molar-refractivity contribution in [2.45, 2.75) is 19.3 Å². The van der Waals surface area contributed by atoms with Crippen LogP contribution in [0.15, 0.2) is 0 Å². The number of likely N-dealkylation sites (N-methyl/N-ethyl adjacent to an activating group) is 1. The minimum atomic E-state index is 1.21. The first-order chi connectivity index (χ1) is 5.29. The molecule has 1 saturated heterocycles. The minimum absolute atomic E-state index is 1.21. The van der Waals surface area contributed by atoms with Crippen LogP contribution in [0.3, 0.4) is 0 Å². The van der Waals surface area contributed by atoms with E-state index in [-0.39, 0.29) is 0 Å². The van der Waals surface area contributed by atoms with Gasteiger partial charge in [0.05, 0.1) is 0 Å². The summed E-state index contributed by atoms with van der Waals surface area (Å²) in [7, 11) is 4.29. The molecule has 1 aliphatic heterocycles. The van der Waals surface area contributed by atoms with E-state index in [0.29, 0.717) is 0 Å². The van der Waals surface area contributed by atoms with E-state index in [2.05, 4.69) is 23.9 Å². The lowest BCUT2D eigenvalue weighted by Gasteiger charge is -2.27. The summed E-state index contributed by atoms with van der Waals surface area (Å²) in [5.74, 6) is 0. The van der Waals surface area contributed by atoms with Crippen LogP contribution in [0.2, 0.25) is 0 Å². The van der Waals surface area contributed by atoms with Gasteiger partial charge in [0, 0.05) is 13.1 Å². The highest BCUT2D eigenvalue weighted by Gasteiger charge is 2.08. The van der Waals surface area contributed by atoms with Crippen molar-refractivity contribution < 1.29 is 0 Å². The molecule has 0 aromatic rings. The van der Waals surface area contributed by atoms with Crippen molar-refractivity contribution in [2.24, 2.45) is 0 Å². The highest BCUT2D eigenvalue weighted by Crippen LogP contribution is 2.07. The van der Waals surface area contributed by atoms with Gasteiger partial charge < -0.3 is 9.80 Å². The average Bonchev–Trinajstić information content (AvgIpc) is 2.03. The quantitative estimate of drug-likeness (QED) is 0.602. The Morgan fingerprint density at radius 2 is 1.73 bits per heavy atom. The molecule has 1 rings (SSSR count). The van der Waals surface area contributed by atoms with Gasteiger partial charge in [-0.3, -0.25) is 0 Å². The molecule has 0 N–H and O–H groups in total. The largest absolute Gasteiger partial charge is 0.308 e. The van der Waals surface area contributed by atoms with E-state index in [0.717, 1.165) is 0 Å². The number of rotatable bonds is 3. The Morgan fingerprint density at radius 1 is 1.09 bits per heavy atom. The van der Waals surface area contributed by atoms with Crippen LogP contribution in [0.1, 0.15) is 19.3 Å². The molecule has 66 valence electrons. The van der Waals surface area contributed by atoms with Crippen LogP contribution >= 0.6 is 0 Å². The van der Waals surface area contributed by atoms with Gasteiger partial charge in [-0.25, -0.2) is 0 Å². The van der Waals surface area contributed by atoms with Gasteiger partial charge in [-0.1, -0.05) is 6.42 Å². The fourth-order valence-electron chi connectivity index (χ4n) is 1.52. The molecule has 0 saturated carbocycles. The Hall–Kier alpha value is -0.0800. The van der Waals surface area contributed by atoms with Crippen LogP contribution in [0.5, 0.6) is 0 Å². The Morgan fingerprint density at radius 3 is 2.27 bits per heavy atom. The molecule has 0 radical (unpaired) electrons. The summed E-state index contributed by atoms with van der Waals surface area (Å²) in [6.45, 7) is 5.12. The third kappa shape index (κ3) is 3.73. The summed E-state index contributed by atoms with van der Waals surface area (Å²) in [5.41, 5.74) is 0. The molecule has 0 amide bonds. The van der Waals surface area contributed by atoms with Gasteiger partial charge in [-0.05, 0) is 40.0 Å². The highest BCUT2D eigenvalue weighted by molar-refractivity contribution is 4.64. The summed E-state index contributed by atoms with van der Waals surface area (Å²) in [5, 5.41) is 0. The zero-order valence-electron chi connectivity index (χ0n) is 7.84. The number of hydrogen-bond donors (Lipinski definition) is 0. The Balaban J connectivity index is 2.05. The number of likely N-dealkylation sites (tertiary alicyclic amines) is 1. The lowest BCUT2D eigenvalue weighted by Crippen LogP contribution is -2.35. The maximum Gasteiger partial charge on any atom is 0.0109 e. The fourth-order valence-corrected chi connectivity index (χ4v) is 1.52. The van der Waals surface area contributed by atoms with Crippen molar-refractivity contribution in [3.8, 4) is 0 Å². The average molecular weight is 156 g/mol. The van der Waals surface area contributed by atoms with Crippen molar-refractivity contribution in [2.75, 3.05) is 40.3 Å². The third-order valence-electron chi connectivity index (χ3n) is 2.31. The van der Waals surface area contributed by atoms with Gasteiger partial charge in [0.1, 0.15) is 0 Å². The molecule has 1 aliphatic rings. The molecule has 1 heterocycles. The molecular weight excluding hydrogens is 136 g/mol. The Labute approximate surface area is 70.2 Å². The second-order valence-corrected chi connectivity index (χ2v) is 3.71. The summed E-state index contributed by atoms with van der Waals surface area (Å²) in [4.78, 5) is 4.83. The fraction of sp³-hybridized carbons (Fsp3) is 1.00. The van der Waals surface area contributed by atoms with Gasteiger partial charge in [0.2, 0.25) is 0 Å². The van der Waals surface area contributed by atoms with Gasteiger partial charge >= 0.3 is 0 Å². The van der Waals surface area contributed by atoms with Crippen LogP contribution in [0.25, 0.3) is 0 Å². The van der Waals surface area contributed by atoms with E-state index in [1.54, 1.807) is 0 Å². The first kappa shape index (κ1) is 9.01. The molecule has 0 atom stereocenters. The summed E-state index contributed by atoms with van der Waals surface area (Å²) >= 11 is 0. The summed E-state index contributed by atoms with van der Waals surface area (Å²) in [6, 6.07) is 0. The van der Waals surface area contributed by atoms with E-state index < -0.39 is 0 Å². The first-order valence-corrected chi connectivity index (χ1v) is 4.66. The van der Waals surface area contributed by atoms with Crippen LogP contribution in [0.4, 0.5) is 0 Å². The predicted molar refractivity (Wildman–Crippen MR) is 48.8 cm³/mol. The number of piperidine rings is 1. The van der Waals surface area contributed by atoms with Crippen LogP contribution in [0, 0.1) is 0 Å². The summed E-state index contributed by atoms with van der Waals surface area (Å²) < 4.78 is 0. The van der Waals surface area contributed by atoms with Gasteiger partial charge in [0.25, 0.3) is 0 Å². The second kappa shape index (κ2) is 4.73. The van der Waals surface area contributed by atoms with Crippen molar-refractivity contribution in [3.05, 3.63) is 0 Å². The van der Waals surface area contributed by atoms with Gasteiger partial charge in [0.15, 0.2) is 0 Å².